The van der Waals surface area contributed by atoms with Crippen LogP contribution >= 0.6 is 11.3 Å². The van der Waals surface area contributed by atoms with E-state index < -0.39 is 0 Å². The van der Waals surface area contributed by atoms with Crippen LogP contribution in [0.3, 0.4) is 0 Å². The van der Waals surface area contributed by atoms with Crippen LogP contribution < -0.4 is 4.90 Å². The standard InChI is InChI=1S/C47H33NS/c1-47(2)41-15-8-7-14-40(41)45-42(47)16-9-17-43(45)48(35-23-20-31(21-24-35)34-19-18-30-10-3-4-12-33(30)28-34)36-25-27-38-39-26-22-32-11-5-6-13-37(32)46(39)49-44(38)29-36/h3-29H,1-2H3. The molecule has 0 amide bonds. The van der Waals surface area contributed by atoms with E-state index >= 15 is 0 Å². The molecule has 1 aromatic heterocycles. The molecule has 1 heterocycles. The average Bonchev–Trinajstić information content (AvgIpc) is 3.64. The van der Waals surface area contributed by atoms with Crippen molar-refractivity contribution < 1.29 is 0 Å². The van der Waals surface area contributed by atoms with Gasteiger partial charge >= 0.3 is 0 Å². The molecule has 49 heavy (non-hydrogen) atoms. The molecule has 1 aliphatic carbocycles. The first kappa shape index (κ1) is 28.3. The number of hydrogen-bond acceptors (Lipinski definition) is 2. The van der Waals surface area contributed by atoms with Crippen molar-refractivity contribution in [1.82, 2.24) is 0 Å². The van der Waals surface area contributed by atoms with Crippen molar-refractivity contribution in [3.05, 3.63) is 175 Å². The fourth-order valence-corrected chi connectivity index (χ4v) is 9.42. The molecule has 1 aliphatic rings. The predicted octanol–water partition coefficient (Wildman–Crippen LogP) is 13.8. The van der Waals surface area contributed by atoms with Crippen LogP contribution in [-0.2, 0) is 5.41 Å². The molecule has 0 radical (unpaired) electrons. The Morgan fingerprint density at radius 2 is 1.14 bits per heavy atom. The smallest absolute Gasteiger partial charge is 0.0543 e. The minimum atomic E-state index is -0.0793. The minimum Gasteiger partial charge on any atom is -0.310 e. The van der Waals surface area contributed by atoms with Gasteiger partial charge in [0.2, 0.25) is 0 Å². The van der Waals surface area contributed by atoms with Crippen molar-refractivity contribution in [2.45, 2.75) is 19.3 Å². The summed E-state index contributed by atoms with van der Waals surface area (Å²) in [6.45, 7) is 4.72. The zero-order valence-corrected chi connectivity index (χ0v) is 28.3. The molecule has 2 heteroatoms. The molecule has 10 rings (SSSR count). The summed E-state index contributed by atoms with van der Waals surface area (Å²) in [6, 6.07) is 60.6. The summed E-state index contributed by atoms with van der Waals surface area (Å²) < 4.78 is 2.66. The average molecular weight is 644 g/mol. The molecule has 0 spiro atoms. The Bertz CT molecular complexity index is 2750. The van der Waals surface area contributed by atoms with Crippen molar-refractivity contribution in [2.75, 3.05) is 4.90 Å². The molecule has 8 aromatic carbocycles. The van der Waals surface area contributed by atoms with Crippen LogP contribution in [0.25, 0.3) is 64.0 Å². The number of thiophene rings is 1. The minimum absolute atomic E-state index is 0.0793. The van der Waals surface area contributed by atoms with E-state index in [2.05, 4.69) is 183 Å². The van der Waals surface area contributed by atoms with Gasteiger partial charge in [-0.05, 0) is 85.8 Å². The van der Waals surface area contributed by atoms with Crippen molar-refractivity contribution in [3.63, 3.8) is 0 Å². The van der Waals surface area contributed by atoms with E-state index in [1.807, 2.05) is 11.3 Å². The molecule has 0 saturated carbocycles. The van der Waals surface area contributed by atoms with Crippen LogP contribution in [0.1, 0.15) is 25.0 Å². The normalized spacial score (nSPS) is 13.3. The quantitative estimate of drug-likeness (QED) is 0.184. The number of anilines is 3. The molecule has 0 bridgehead atoms. The number of benzene rings is 8. The summed E-state index contributed by atoms with van der Waals surface area (Å²) in [6.07, 6.45) is 0. The van der Waals surface area contributed by atoms with Gasteiger partial charge in [-0.2, -0.15) is 0 Å². The van der Waals surface area contributed by atoms with E-state index in [4.69, 9.17) is 0 Å². The van der Waals surface area contributed by atoms with Crippen molar-refractivity contribution in [3.8, 4) is 22.3 Å². The van der Waals surface area contributed by atoms with Crippen LogP contribution in [0.15, 0.2) is 164 Å². The highest BCUT2D eigenvalue weighted by Crippen LogP contribution is 2.54. The number of nitrogens with zero attached hydrogens (tertiary/aromatic N) is 1. The monoisotopic (exact) mass is 643 g/mol. The Morgan fingerprint density at radius 1 is 0.469 bits per heavy atom. The van der Waals surface area contributed by atoms with Crippen LogP contribution in [0, 0.1) is 0 Å². The first-order valence-electron chi connectivity index (χ1n) is 17.0. The Kier molecular flexibility index (Phi) is 6.16. The molecular weight excluding hydrogens is 611 g/mol. The van der Waals surface area contributed by atoms with E-state index in [1.165, 1.54) is 80.8 Å². The highest BCUT2D eigenvalue weighted by Gasteiger charge is 2.37. The summed E-state index contributed by atoms with van der Waals surface area (Å²) >= 11 is 1.90. The number of rotatable bonds is 4. The molecule has 1 nitrogen and oxygen atoms in total. The second kappa shape index (κ2) is 10.7. The van der Waals surface area contributed by atoms with Gasteiger partial charge in [0.25, 0.3) is 0 Å². The molecule has 0 fully saturated rings. The van der Waals surface area contributed by atoms with E-state index in [-0.39, 0.29) is 5.41 Å². The van der Waals surface area contributed by atoms with Crippen LogP contribution in [0.2, 0.25) is 0 Å². The topological polar surface area (TPSA) is 3.24 Å². The van der Waals surface area contributed by atoms with Crippen molar-refractivity contribution in [1.29, 1.82) is 0 Å². The first-order valence-corrected chi connectivity index (χ1v) is 17.8. The lowest BCUT2D eigenvalue weighted by molar-refractivity contribution is 0.660. The van der Waals surface area contributed by atoms with E-state index in [0.717, 1.165) is 11.4 Å². The molecule has 0 aliphatic heterocycles. The molecule has 0 saturated heterocycles. The third kappa shape index (κ3) is 4.31. The SMILES string of the molecule is CC1(C)c2ccccc2-c2c(N(c3ccc(-c4ccc5ccccc5c4)cc3)c3ccc4c(c3)sc3c5ccccc5ccc43)cccc21. The third-order valence-electron chi connectivity index (χ3n) is 10.6. The Balaban J connectivity index is 1.18. The van der Waals surface area contributed by atoms with Gasteiger partial charge in [-0.15, -0.1) is 11.3 Å². The van der Waals surface area contributed by atoms with Gasteiger partial charge in [0.1, 0.15) is 0 Å². The van der Waals surface area contributed by atoms with Gasteiger partial charge in [-0.3, -0.25) is 0 Å². The lowest BCUT2D eigenvalue weighted by Crippen LogP contribution is -2.16. The number of fused-ring (bicyclic) bond motifs is 9. The molecule has 0 unspecified atom stereocenters. The highest BCUT2D eigenvalue weighted by atomic mass is 32.1. The zero-order chi connectivity index (χ0) is 32.7. The van der Waals surface area contributed by atoms with Gasteiger partial charge in [0.15, 0.2) is 0 Å². The Hall–Kier alpha value is -5.70. The predicted molar refractivity (Wildman–Crippen MR) is 212 cm³/mol. The zero-order valence-electron chi connectivity index (χ0n) is 27.4. The summed E-state index contributed by atoms with van der Waals surface area (Å²) in [5.74, 6) is 0. The van der Waals surface area contributed by atoms with Gasteiger partial charge in [0.05, 0.1) is 5.69 Å². The van der Waals surface area contributed by atoms with Gasteiger partial charge in [0, 0.05) is 42.5 Å². The maximum absolute atomic E-state index is 2.48. The van der Waals surface area contributed by atoms with E-state index in [1.54, 1.807) is 0 Å². The molecule has 9 aromatic rings. The maximum atomic E-state index is 2.48. The molecule has 0 N–H and O–H groups in total. The fourth-order valence-electron chi connectivity index (χ4n) is 8.15. The Morgan fingerprint density at radius 3 is 2.02 bits per heavy atom. The van der Waals surface area contributed by atoms with Gasteiger partial charge in [-0.1, -0.05) is 141 Å². The summed E-state index contributed by atoms with van der Waals surface area (Å²) in [5.41, 5.74) is 11.3. The summed E-state index contributed by atoms with van der Waals surface area (Å²) in [4.78, 5) is 2.48. The lowest BCUT2D eigenvalue weighted by Gasteiger charge is -2.29. The molecular formula is C47H33NS. The summed E-state index contributed by atoms with van der Waals surface area (Å²) in [5, 5.41) is 7.77. The van der Waals surface area contributed by atoms with Crippen LogP contribution in [0.5, 0.6) is 0 Å². The number of hydrogen-bond donors (Lipinski definition) is 0. The first-order chi connectivity index (χ1) is 24.0. The van der Waals surface area contributed by atoms with Crippen molar-refractivity contribution in [2.24, 2.45) is 0 Å². The van der Waals surface area contributed by atoms with Crippen molar-refractivity contribution >= 4 is 70.1 Å². The maximum Gasteiger partial charge on any atom is 0.0543 e. The highest BCUT2D eigenvalue weighted by molar-refractivity contribution is 7.26. The van der Waals surface area contributed by atoms with Gasteiger partial charge < -0.3 is 4.90 Å². The second-order valence-electron chi connectivity index (χ2n) is 13.8. The van der Waals surface area contributed by atoms with Crippen LogP contribution in [-0.4, -0.2) is 0 Å². The third-order valence-corrected chi connectivity index (χ3v) is 11.8. The largest absolute Gasteiger partial charge is 0.310 e. The van der Waals surface area contributed by atoms with Crippen LogP contribution in [0.4, 0.5) is 17.1 Å². The second-order valence-corrected chi connectivity index (χ2v) is 14.8. The Labute approximate surface area is 290 Å². The lowest BCUT2D eigenvalue weighted by atomic mass is 9.82. The van der Waals surface area contributed by atoms with E-state index in [0.29, 0.717) is 0 Å². The molecule has 232 valence electrons. The fraction of sp³-hybridized carbons (Fsp3) is 0.0638. The van der Waals surface area contributed by atoms with Gasteiger partial charge in [-0.25, -0.2) is 0 Å². The molecule has 0 atom stereocenters. The van der Waals surface area contributed by atoms with E-state index in [9.17, 15) is 0 Å². The summed E-state index contributed by atoms with van der Waals surface area (Å²) in [7, 11) is 0.